The number of benzene rings is 1. The second-order valence-electron chi connectivity index (χ2n) is 4.44. The van der Waals surface area contributed by atoms with E-state index in [0.29, 0.717) is 0 Å². The van der Waals surface area contributed by atoms with Crippen molar-refractivity contribution in [1.29, 1.82) is 0 Å². The van der Waals surface area contributed by atoms with E-state index in [0.717, 1.165) is 29.0 Å². The third kappa shape index (κ3) is 2.47. The molecule has 16 heavy (non-hydrogen) atoms. The molecule has 0 aromatic heterocycles. The smallest absolute Gasteiger partial charge is 0.127 e. The summed E-state index contributed by atoms with van der Waals surface area (Å²) in [6, 6.07) is 3.97. The first kappa shape index (κ1) is 12.8. The Morgan fingerprint density at radius 2 is 1.69 bits per heavy atom. The normalized spacial score (nSPS) is 11.4. The van der Waals surface area contributed by atoms with E-state index in [-0.39, 0.29) is 0 Å². The second-order valence-corrected chi connectivity index (χ2v) is 4.44. The van der Waals surface area contributed by atoms with Crippen LogP contribution in [0, 0.1) is 0 Å². The van der Waals surface area contributed by atoms with Gasteiger partial charge in [-0.2, -0.15) is 0 Å². The predicted octanol–water partition coefficient (Wildman–Crippen LogP) is 2.46. The van der Waals surface area contributed by atoms with Crippen molar-refractivity contribution in [2.24, 2.45) is 5.73 Å². The van der Waals surface area contributed by atoms with Crippen LogP contribution in [0.1, 0.15) is 31.9 Å². The van der Waals surface area contributed by atoms with Crippen molar-refractivity contribution in [1.82, 2.24) is 0 Å². The number of nitrogens with two attached hydrogens (primary N) is 1. The van der Waals surface area contributed by atoms with Gasteiger partial charge in [-0.25, -0.2) is 0 Å². The summed E-state index contributed by atoms with van der Waals surface area (Å²) in [7, 11) is 3.32. The first-order valence-corrected chi connectivity index (χ1v) is 5.48. The minimum absolute atomic E-state index is 0.415. The van der Waals surface area contributed by atoms with Gasteiger partial charge >= 0.3 is 0 Å². The van der Waals surface area contributed by atoms with Gasteiger partial charge in [-0.1, -0.05) is 6.92 Å². The maximum absolute atomic E-state index is 6.13. The van der Waals surface area contributed by atoms with E-state index in [4.69, 9.17) is 15.2 Å². The molecule has 1 aromatic rings. The van der Waals surface area contributed by atoms with Crippen molar-refractivity contribution in [2.75, 3.05) is 14.2 Å². The van der Waals surface area contributed by atoms with Crippen LogP contribution in [0.4, 0.5) is 0 Å². The van der Waals surface area contributed by atoms with E-state index in [1.54, 1.807) is 14.2 Å². The van der Waals surface area contributed by atoms with Gasteiger partial charge in [-0.05, 0) is 31.9 Å². The molecular formula is C13H21NO2. The summed E-state index contributed by atoms with van der Waals surface area (Å²) in [6.45, 7) is 6.03. The second kappa shape index (κ2) is 4.74. The Morgan fingerprint density at radius 1 is 1.12 bits per heavy atom. The van der Waals surface area contributed by atoms with Crippen LogP contribution in [0.3, 0.4) is 0 Å². The molecule has 0 fully saturated rings. The van der Waals surface area contributed by atoms with E-state index in [2.05, 4.69) is 13.0 Å². The minimum atomic E-state index is -0.415. The van der Waals surface area contributed by atoms with Crippen molar-refractivity contribution < 1.29 is 9.47 Å². The first-order valence-electron chi connectivity index (χ1n) is 5.48. The maximum Gasteiger partial charge on any atom is 0.127 e. The van der Waals surface area contributed by atoms with Gasteiger partial charge in [0.25, 0.3) is 0 Å². The largest absolute Gasteiger partial charge is 0.496 e. The highest BCUT2D eigenvalue weighted by atomic mass is 16.5. The lowest BCUT2D eigenvalue weighted by molar-refractivity contribution is 0.378. The fourth-order valence-electron chi connectivity index (χ4n) is 1.74. The summed E-state index contributed by atoms with van der Waals surface area (Å²) in [5.41, 5.74) is 7.87. The van der Waals surface area contributed by atoms with Crippen LogP contribution in [-0.2, 0) is 12.0 Å². The summed E-state index contributed by atoms with van der Waals surface area (Å²) < 4.78 is 10.7. The standard InChI is InChI=1S/C13H21NO2/c1-6-9-7-10(13(2,3)14)12(16-5)8-11(9)15-4/h7-8H,6,14H2,1-5H3. The lowest BCUT2D eigenvalue weighted by Crippen LogP contribution is -2.29. The zero-order valence-corrected chi connectivity index (χ0v) is 10.8. The number of hydrogen-bond acceptors (Lipinski definition) is 3. The fraction of sp³-hybridized carbons (Fsp3) is 0.538. The Hall–Kier alpha value is -1.22. The molecule has 0 amide bonds. The summed E-state index contributed by atoms with van der Waals surface area (Å²) in [6.07, 6.45) is 0.913. The minimum Gasteiger partial charge on any atom is -0.496 e. The van der Waals surface area contributed by atoms with Crippen LogP contribution in [0.2, 0.25) is 0 Å². The third-order valence-corrected chi connectivity index (χ3v) is 2.68. The van der Waals surface area contributed by atoms with Crippen LogP contribution < -0.4 is 15.2 Å². The number of hydrogen-bond donors (Lipinski definition) is 1. The quantitative estimate of drug-likeness (QED) is 0.852. The summed E-state index contributed by atoms with van der Waals surface area (Å²) in [4.78, 5) is 0. The van der Waals surface area contributed by atoms with Gasteiger partial charge in [0.15, 0.2) is 0 Å². The van der Waals surface area contributed by atoms with E-state index >= 15 is 0 Å². The van der Waals surface area contributed by atoms with Crippen molar-refractivity contribution in [2.45, 2.75) is 32.7 Å². The molecule has 0 aliphatic heterocycles. The topological polar surface area (TPSA) is 44.5 Å². The monoisotopic (exact) mass is 223 g/mol. The van der Waals surface area contributed by atoms with Crippen molar-refractivity contribution in [3.63, 3.8) is 0 Å². The molecule has 0 aliphatic carbocycles. The average Bonchev–Trinajstić information content (AvgIpc) is 2.25. The van der Waals surface area contributed by atoms with Gasteiger partial charge in [-0.15, -0.1) is 0 Å². The van der Waals surface area contributed by atoms with Gasteiger partial charge in [0.1, 0.15) is 11.5 Å². The number of rotatable bonds is 4. The highest BCUT2D eigenvalue weighted by Crippen LogP contribution is 2.34. The number of methoxy groups -OCH3 is 2. The highest BCUT2D eigenvalue weighted by Gasteiger charge is 2.21. The van der Waals surface area contributed by atoms with Gasteiger partial charge in [0, 0.05) is 17.2 Å². The Bertz CT molecular complexity index is 367. The summed E-state index contributed by atoms with van der Waals surface area (Å²) in [5, 5.41) is 0. The Morgan fingerprint density at radius 3 is 2.06 bits per heavy atom. The summed E-state index contributed by atoms with van der Waals surface area (Å²) in [5.74, 6) is 1.63. The van der Waals surface area contributed by atoms with Crippen molar-refractivity contribution in [3.05, 3.63) is 23.3 Å². The molecule has 0 heterocycles. The molecule has 3 heteroatoms. The van der Waals surface area contributed by atoms with E-state index in [1.165, 1.54) is 0 Å². The molecule has 90 valence electrons. The lowest BCUT2D eigenvalue weighted by atomic mass is 9.92. The molecular weight excluding hydrogens is 202 g/mol. The van der Waals surface area contributed by atoms with Crippen LogP contribution in [0.5, 0.6) is 11.5 Å². The Balaban J connectivity index is 3.38. The first-order chi connectivity index (χ1) is 7.43. The van der Waals surface area contributed by atoms with Crippen molar-refractivity contribution >= 4 is 0 Å². The van der Waals surface area contributed by atoms with Crippen LogP contribution in [-0.4, -0.2) is 14.2 Å². The van der Waals surface area contributed by atoms with Gasteiger partial charge in [-0.3, -0.25) is 0 Å². The van der Waals surface area contributed by atoms with Crippen molar-refractivity contribution in [3.8, 4) is 11.5 Å². The van der Waals surface area contributed by atoms with E-state index < -0.39 is 5.54 Å². The molecule has 2 N–H and O–H groups in total. The molecule has 3 nitrogen and oxygen atoms in total. The molecule has 0 saturated heterocycles. The molecule has 1 aromatic carbocycles. The zero-order valence-electron chi connectivity index (χ0n) is 10.8. The third-order valence-electron chi connectivity index (χ3n) is 2.68. The Labute approximate surface area is 97.6 Å². The lowest BCUT2D eigenvalue weighted by Gasteiger charge is -2.24. The van der Waals surface area contributed by atoms with E-state index in [9.17, 15) is 0 Å². The molecule has 1 rings (SSSR count). The van der Waals surface area contributed by atoms with Gasteiger partial charge < -0.3 is 15.2 Å². The van der Waals surface area contributed by atoms with Crippen LogP contribution in [0.25, 0.3) is 0 Å². The van der Waals surface area contributed by atoms with E-state index in [1.807, 2.05) is 19.9 Å². The van der Waals surface area contributed by atoms with Crippen LogP contribution >= 0.6 is 0 Å². The number of aryl methyl sites for hydroxylation is 1. The number of ether oxygens (including phenoxy) is 2. The zero-order chi connectivity index (χ0) is 12.3. The molecule has 0 bridgehead atoms. The highest BCUT2D eigenvalue weighted by molar-refractivity contribution is 5.49. The predicted molar refractivity (Wildman–Crippen MR) is 66.1 cm³/mol. The molecule has 0 saturated carbocycles. The molecule has 0 atom stereocenters. The maximum atomic E-state index is 6.13. The Kier molecular flexibility index (Phi) is 3.81. The molecule has 0 spiro atoms. The van der Waals surface area contributed by atoms with Crippen LogP contribution in [0.15, 0.2) is 12.1 Å². The fourth-order valence-corrected chi connectivity index (χ4v) is 1.74. The average molecular weight is 223 g/mol. The van der Waals surface area contributed by atoms with Gasteiger partial charge in [0.05, 0.1) is 14.2 Å². The molecule has 0 radical (unpaired) electrons. The van der Waals surface area contributed by atoms with Gasteiger partial charge in [0.2, 0.25) is 0 Å². The SMILES string of the molecule is CCc1cc(C(C)(C)N)c(OC)cc1OC. The molecule has 0 unspecified atom stereocenters. The summed E-state index contributed by atoms with van der Waals surface area (Å²) >= 11 is 0. The molecule has 0 aliphatic rings.